The van der Waals surface area contributed by atoms with Crippen LogP contribution in [0.5, 0.6) is 0 Å². The summed E-state index contributed by atoms with van der Waals surface area (Å²) in [6.07, 6.45) is 7.28. The van der Waals surface area contributed by atoms with Crippen molar-refractivity contribution in [3.05, 3.63) is 16.8 Å². The fourth-order valence-electron chi connectivity index (χ4n) is 2.98. The molecule has 0 aromatic carbocycles. The van der Waals surface area contributed by atoms with Crippen LogP contribution in [-0.4, -0.2) is 16.0 Å². The Hall–Kier alpha value is -1.16. The molecule has 0 spiro atoms. The number of fused-ring (bicyclic) bond motifs is 1. The number of anilines is 1. The molecule has 2 saturated carbocycles. The molecule has 100 valence electrons. The summed E-state index contributed by atoms with van der Waals surface area (Å²) in [6.45, 7) is 4.36. The zero-order valence-corrected chi connectivity index (χ0v) is 12.3. The second-order valence-corrected chi connectivity index (χ2v) is 7.23. The fraction of sp³-hybridized carbons (Fsp3) is 0.600. The topological polar surface area (TPSA) is 37.8 Å². The van der Waals surface area contributed by atoms with E-state index >= 15 is 0 Å². The lowest BCUT2D eigenvalue weighted by Gasteiger charge is -2.18. The Labute approximate surface area is 117 Å². The first-order valence-corrected chi connectivity index (χ1v) is 8.03. The van der Waals surface area contributed by atoms with E-state index in [9.17, 15) is 0 Å². The summed E-state index contributed by atoms with van der Waals surface area (Å²) >= 11 is 1.78. The summed E-state index contributed by atoms with van der Waals surface area (Å²) in [5.41, 5.74) is 1.34. The minimum atomic E-state index is 0.651. The molecule has 0 bridgehead atoms. The van der Waals surface area contributed by atoms with Gasteiger partial charge >= 0.3 is 0 Å². The number of nitrogens with one attached hydrogen (secondary N) is 1. The van der Waals surface area contributed by atoms with Crippen molar-refractivity contribution in [2.24, 2.45) is 11.8 Å². The van der Waals surface area contributed by atoms with Gasteiger partial charge in [0.1, 0.15) is 17.0 Å². The average molecular weight is 273 g/mol. The van der Waals surface area contributed by atoms with Crippen LogP contribution in [0.4, 0.5) is 5.82 Å². The maximum absolute atomic E-state index is 4.53. The Morgan fingerprint density at radius 3 is 2.47 bits per heavy atom. The minimum Gasteiger partial charge on any atom is -0.366 e. The van der Waals surface area contributed by atoms with Crippen LogP contribution in [0.2, 0.25) is 0 Å². The first-order chi connectivity index (χ1) is 9.24. The van der Waals surface area contributed by atoms with Gasteiger partial charge in [-0.25, -0.2) is 9.97 Å². The minimum absolute atomic E-state index is 0.651. The maximum Gasteiger partial charge on any atom is 0.138 e. The van der Waals surface area contributed by atoms with E-state index in [1.54, 1.807) is 17.7 Å². The van der Waals surface area contributed by atoms with Gasteiger partial charge in [-0.05, 0) is 56.9 Å². The first-order valence-electron chi connectivity index (χ1n) is 7.21. The number of thiophene rings is 1. The highest BCUT2D eigenvalue weighted by Crippen LogP contribution is 2.46. The molecule has 4 rings (SSSR count). The van der Waals surface area contributed by atoms with E-state index in [0.29, 0.717) is 6.04 Å². The van der Waals surface area contributed by atoms with Crippen molar-refractivity contribution >= 4 is 27.4 Å². The number of nitrogens with zero attached hydrogens (tertiary/aromatic N) is 2. The molecule has 0 amide bonds. The average Bonchev–Trinajstić information content (AvgIpc) is 3.27. The van der Waals surface area contributed by atoms with Crippen molar-refractivity contribution in [2.75, 3.05) is 5.32 Å². The number of hydrogen-bond acceptors (Lipinski definition) is 4. The van der Waals surface area contributed by atoms with Gasteiger partial charge in [-0.1, -0.05) is 0 Å². The van der Waals surface area contributed by atoms with E-state index in [1.165, 1.54) is 41.5 Å². The Balaban J connectivity index is 1.73. The molecule has 0 atom stereocenters. The molecule has 19 heavy (non-hydrogen) atoms. The van der Waals surface area contributed by atoms with Gasteiger partial charge in [-0.3, -0.25) is 0 Å². The molecule has 1 N–H and O–H groups in total. The standard InChI is InChI=1S/C15H19N3S/c1-8-9(2)19-15-12(8)14(16-7-17-15)18-13(10-3-4-10)11-5-6-11/h7,10-11,13H,3-6H2,1-2H3,(H,16,17,18). The summed E-state index contributed by atoms with van der Waals surface area (Å²) < 4.78 is 0. The maximum atomic E-state index is 4.53. The van der Waals surface area contributed by atoms with Gasteiger partial charge in [0, 0.05) is 10.9 Å². The molecule has 0 unspecified atom stereocenters. The zero-order valence-electron chi connectivity index (χ0n) is 11.4. The predicted molar refractivity (Wildman–Crippen MR) is 79.7 cm³/mol. The van der Waals surface area contributed by atoms with Crippen LogP contribution in [0.3, 0.4) is 0 Å². The Kier molecular flexibility index (Phi) is 2.56. The first kappa shape index (κ1) is 11.6. The third-order valence-electron chi connectivity index (χ3n) is 4.53. The molecule has 2 aliphatic rings. The monoisotopic (exact) mass is 273 g/mol. The molecule has 0 saturated heterocycles. The Morgan fingerprint density at radius 2 is 1.84 bits per heavy atom. The van der Waals surface area contributed by atoms with Gasteiger partial charge < -0.3 is 5.32 Å². The molecule has 0 aliphatic heterocycles. The summed E-state index contributed by atoms with van der Waals surface area (Å²) in [4.78, 5) is 11.4. The van der Waals surface area contributed by atoms with Crippen molar-refractivity contribution in [3.8, 4) is 0 Å². The van der Waals surface area contributed by atoms with Crippen LogP contribution in [0.15, 0.2) is 6.33 Å². The van der Waals surface area contributed by atoms with E-state index in [0.717, 1.165) is 22.5 Å². The smallest absolute Gasteiger partial charge is 0.138 e. The van der Waals surface area contributed by atoms with Gasteiger partial charge in [0.05, 0.1) is 5.39 Å². The zero-order chi connectivity index (χ0) is 13.0. The number of aryl methyl sites for hydroxylation is 2. The summed E-state index contributed by atoms with van der Waals surface area (Å²) in [5, 5.41) is 5.00. The number of aromatic nitrogens is 2. The lowest BCUT2D eigenvalue weighted by atomic mass is 10.1. The van der Waals surface area contributed by atoms with E-state index in [4.69, 9.17) is 0 Å². The molecule has 4 heteroatoms. The molecule has 2 aromatic rings. The van der Waals surface area contributed by atoms with Crippen LogP contribution < -0.4 is 5.32 Å². The predicted octanol–water partition coefficient (Wildman–Crippen LogP) is 3.91. The van der Waals surface area contributed by atoms with Crippen molar-refractivity contribution in [3.63, 3.8) is 0 Å². The molecule has 2 aromatic heterocycles. The second kappa shape index (κ2) is 4.17. The van der Waals surface area contributed by atoms with Crippen LogP contribution >= 0.6 is 11.3 Å². The van der Waals surface area contributed by atoms with Gasteiger partial charge in [-0.2, -0.15) is 0 Å². The van der Waals surface area contributed by atoms with E-state index in [1.807, 2.05) is 0 Å². The highest BCUT2D eigenvalue weighted by Gasteiger charge is 2.41. The summed E-state index contributed by atoms with van der Waals surface area (Å²) in [5.74, 6) is 2.84. The molecular formula is C15H19N3S. The number of rotatable bonds is 4. The molecular weight excluding hydrogens is 254 g/mol. The third kappa shape index (κ3) is 2.02. The Morgan fingerprint density at radius 1 is 1.16 bits per heavy atom. The van der Waals surface area contributed by atoms with Crippen LogP contribution in [0.25, 0.3) is 10.2 Å². The second-order valence-electron chi connectivity index (χ2n) is 6.03. The lowest BCUT2D eigenvalue weighted by Crippen LogP contribution is -2.25. The largest absolute Gasteiger partial charge is 0.366 e. The lowest BCUT2D eigenvalue weighted by molar-refractivity contribution is 0.566. The van der Waals surface area contributed by atoms with E-state index in [-0.39, 0.29) is 0 Å². The van der Waals surface area contributed by atoms with E-state index < -0.39 is 0 Å². The number of hydrogen-bond donors (Lipinski definition) is 1. The van der Waals surface area contributed by atoms with E-state index in [2.05, 4.69) is 29.1 Å². The summed E-state index contributed by atoms with van der Waals surface area (Å²) in [6, 6.07) is 0.651. The van der Waals surface area contributed by atoms with Crippen molar-refractivity contribution < 1.29 is 0 Å². The van der Waals surface area contributed by atoms with Crippen molar-refractivity contribution in [1.82, 2.24) is 9.97 Å². The molecule has 2 fully saturated rings. The van der Waals surface area contributed by atoms with Gasteiger partial charge in [0.25, 0.3) is 0 Å². The van der Waals surface area contributed by atoms with Crippen LogP contribution in [0.1, 0.15) is 36.1 Å². The van der Waals surface area contributed by atoms with Gasteiger partial charge in [-0.15, -0.1) is 11.3 Å². The quantitative estimate of drug-likeness (QED) is 0.917. The highest BCUT2D eigenvalue weighted by molar-refractivity contribution is 7.18. The molecule has 0 radical (unpaired) electrons. The fourth-order valence-corrected chi connectivity index (χ4v) is 3.98. The third-order valence-corrected chi connectivity index (χ3v) is 5.64. The molecule has 3 nitrogen and oxygen atoms in total. The SMILES string of the molecule is Cc1sc2ncnc(NC(C3CC3)C3CC3)c2c1C. The van der Waals surface area contributed by atoms with Crippen LogP contribution in [0, 0.1) is 25.7 Å². The normalized spacial score (nSPS) is 19.3. The molecule has 2 heterocycles. The van der Waals surface area contributed by atoms with Crippen molar-refractivity contribution in [2.45, 2.75) is 45.6 Å². The summed E-state index contributed by atoms with van der Waals surface area (Å²) in [7, 11) is 0. The highest BCUT2D eigenvalue weighted by atomic mass is 32.1. The van der Waals surface area contributed by atoms with Crippen molar-refractivity contribution in [1.29, 1.82) is 0 Å². The van der Waals surface area contributed by atoms with Crippen LogP contribution in [-0.2, 0) is 0 Å². The van der Waals surface area contributed by atoms with Gasteiger partial charge in [0.2, 0.25) is 0 Å². The molecule has 2 aliphatic carbocycles. The Bertz CT molecular complexity index is 614. The van der Waals surface area contributed by atoms with Gasteiger partial charge in [0.15, 0.2) is 0 Å².